The van der Waals surface area contributed by atoms with Crippen LogP contribution in [0, 0.1) is 0 Å². The molecule has 1 amide bonds. The summed E-state index contributed by atoms with van der Waals surface area (Å²) in [6, 6.07) is 9.58. The average molecular weight is 343 g/mol. The maximum Gasteiger partial charge on any atom is 0.237 e. The molecule has 0 bridgehead atoms. The van der Waals surface area contributed by atoms with Crippen molar-refractivity contribution in [3.63, 3.8) is 0 Å². The zero-order valence-electron chi connectivity index (χ0n) is 10.8. The number of aromatic nitrogens is 1. The molecule has 0 N–H and O–H groups in total. The number of carbonyl (C=O) groups is 1. The SMILES string of the molecule is O=C1CC(S(=O)(=O)Cl)CN1c1nc(-c2ccccc2)cs1. The van der Waals surface area contributed by atoms with Crippen LogP contribution in [-0.4, -0.2) is 31.1 Å². The maximum atomic E-state index is 11.9. The number of thiazole rings is 1. The third kappa shape index (κ3) is 2.95. The van der Waals surface area contributed by atoms with Gasteiger partial charge in [0.2, 0.25) is 15.0 Å². The number of nitrogens with zero attached hydrogens (tertiary/aromatic N) is 2. The standard InChI is InChI=1S/C13H11ClN2O3S2/c14-21(18,19)10-6-12(17)16(7-10)13-15-11(8-20-13)9-4-2-1-3-5-9/h1-5,8,10H,6-7H2. The molecule has 1 aliphatic rings. The van der Waals surface area contributed by atoms with Gasteiger partial charge in [0.05, 0.1) is 5.69 Å². The van der Waals surface area contributed by atoms with Crippen molar-refractivity contribution in [3.8, 4) is 11.3 Å². The first-order chi connectivity index (χ1) is 9.95. The Kier molecular flexibility index (Phi) is 3.73. The van der Waals surface area contributed by atoms with Gasteiger partial charge in [0.1, 0.15) is 5.25 Å². The van der Waals surface area contributed by atoms with Gasteiger partial charge in [-0.1, -0.05) is 30.3 Å². The van der Waals surface area contributed by atoms with Gasteiger partial charge in [-0.25, -0.2) is 13.4 Å². The lowest BCUT2D eigenvalue weighted by atomic mass is 10.2. The van der Waals surface area contributed by atoms with E-state index in [0.717, 1.165) is 11.3 Å². The Morgan fingerprint density at radius 2 is 2.00 bits per heavy atom. The number of anilines is 1. The smallest absolute Gasteiger partial charge is 0.237 e. The monoisotopic (exact) mass is 342 g/mol. The second kappa shape index (κ2) is 5.40. The van der Waals surface area contributed by atoms with Crippen LogP contribution in [0.25, 0.3) is 11.3 Å². The molecule has 1 aromatic heterocycles. The Balaban J connectivity index is 1.86. The first kappa shape index (κ1) is 14.5. The molecule has 5 nitrogen and oxygen atoms in total. The predicted octanol–water partition coefficient (Wildman–Crippen LogP) is 2.48. The van der Waals surface area contributed by atoms with Gasteiger partial charge in [-0.3, -0.25) is 9.69 Å². The molecule has 1 unspecified atom stereocenters. The number of carbonyl (C=O) groups excluding carboxylic acids is 1. The summed E-state index contributed by atoms with van der Waals surface area (Å²) in [5.41, 5.74) is 1.72. The molecule has 0 aliphatic carbocycles. The summed E-state index contributed by atoms with van der Waals surface area (Å²) < 4.78 is 22.7. The fraction of sp³-hybridized carbons (Fsp3) is 0.231. The summed E-state index contributed by atoms with van der Waals surface area (Å²) in [4.78, 5) is 17.8. The average Bonchev–Trinajstić information content (AvgIpc) is 3.05. The van der Waals surface area contributed by atoms with Crippen LogP contribution in [0.1, 0.15) is 6.42 Å². The van der Waals surface area contributed by atoms with Crippen LogP contribution < -0.4 is 4.90 Å². The maximum absolute atomic E-state index is 11.9. The van der Waals surface area contributed by atoms with Gasteiger partial charge in [0.25, 0.3) is 0 Å². The molecule has 1 aliphatic heterocycles. The molecule has 1 aromatic carbocycles. The minimum atomic E-state index is -3.74. The van der Waals surface area contributed by atoms with E-state index in [4.69, 9.17) is 10.7 Å². The second-order valence-electron chi connectivity index (χ2n) is 4.69. The molecule has 110 valence electrons. The fourth-order valence-corrected chi connectivity index (χ4v) is 4.07. The Labute approximate surface area is 130 Å². The molecule has 1 saturated heterocycles. The Morgan fingerprint density at radius 3 is 2.62 bits per heavy atom. The van der Waals surface area contributed by atoms with Crippen molar-refractivity contribution in [2.24, 2.45) is 0 Å². The molecular weight excluding hydrogens is 332 g/mol. The topological polar surface area (TPSA) is 67.3 Å². The van der Waals surface area contributed by atoms with Crippen LogP contribution in [0.3, 0.4) is 0 Å². The van der Waals surface area contributed by atoms with Gasteiger partial charge >= 0.3 is 0 Å². The van der Waals surface area contributed by atoms with E-state index >= 15 is 0 Å². The molecule has 2 aromatic rings. The largest absolute Gasteiger partial charge is 0.287 e. The van der Waals surface area contributed by atoms with E-state index in [0.29, 0.717) is 5.13 Å². The Hall–Kier alpha value is -1.44. The molecule has 2 heterocycles. The number of halogens is 1. The minimum Gasteiger partial charge on any atom is -0.287 e. The van der Waals surface area contributed by atoms with Crippen LogP contribution in [0.15, 0.2) is 35.7 Å². The number of hydrogen-bond acceptors (Lipinski definition) is 5. The van der Waals surface area contributed by atoms with Gasteiger partial charge in [-0.15, -0.1) is 11.3 Å². The first-order valence-corrected chi connectivity index (χ1v) is 9.45. The highest BCUT2D eigenvalue weighted by molar-refractivity contribution is 8.14. The van der Waals surface area contributed by atoms with E-state index in [1.54, 1.807) is 0 Å². The quantitative estimate of drug-likeness (QED) is 0.804. The predicted molar refractivity (Wildman–Crippen MR) is 83.1 cm³/mol. The number of amides is 1. The summed E-state index contributed by atoms with van der Waals surface area (Å²) in [6.07, 6.45) is -0.0912. The number of rotatable bonds is 3. The van der Waals surface area contributed by atoms with Crippen molar-refractivity contribution in [2.45, 2.75) is 11.7 Å². The number of hydrogen-bond donors (Lipinski definition) is 0. The molecule has 0 spiro atoms. The second-order valence-corrected chi connectivity index (χ2v) is 8.43. The Bertz CT molecular complexity index is 774. The molecule has 0 saturated carbocycles. The molecular formula is C13H11ClN2O3S2. The zero-order chi connectivity index (χ0) is 15.0. The highest BCUT2D eigenvalue weighted by Gasteiger charge is 2.39. The third-order valence-corrected chi connectivity index (χ3v) is 6.01. The normalized spacial score (nSPS) is 19.2. The minimum absolute atomic E-state index is 0.0619. The molecule has 0 radical (unpaired) electrons. The molecule has 8 heteroatoms. The lowest BCUT2D eigenvalue weighted by Crippen LogP contribution is -2.26. The number of benzene rings is 1. The van der Waals surface area contributed by atoms with Crippen LogP contribution >= 0.6 is 22.0 Å². The van der Waals surface area contributed by atoms with Crippen molar-refractivity contribution in [1.29, 1.82) is 0 Å². The van der Waals surface area contributed by atoms with Gasteiger partial charge in [-0.05, 0) is 0 Å². The van der Waals surface area contributed by atoms with E-state index < -0.39 is 14.3 Å². The molecule has 21 heavy (non-hydrogen) atoms. The van der Waals surface area contributed by atoms with E-state index in [1.807, 2.05) is 35.7 Å². The van der Waals surface area contributed by atoms with Gasteiger partial charge < -0.3 is 0 Å². The van der Waals surface area contributed by atoms with E-state index in [9.17, 15) is 13.2 Å². The highest BCUT2D eigenvalue weighted by atomic mass is 35.7. The summed E-state index contributed by atoms with van der Waals surface area (Å²) >= 11 is 1.31. The summed E-state index contributed by atoms with van der Waals surface area (Å²) in [7, 11) is 1.60. The van der Waals surface area contributed by atoms with Gasteiger partial charge in [0, 0.05) is 34.6 Å². The summed E-state index contributed by atoms with van der Waals surface area (Å²) in [5.74, 6) is -0.266. The highest BCUT2D eigenvalue weighted by Crippen LogP contribution is 2.32. The van der Waals surface area contributed by atoms with Crippen molar-refractivity contribution < 1.29 is 13.2 Å². The fourth-order valence-electron chi connectivity index (χ4n) is 2.18. The lowest BCUT2D eigenvalue weighted by Gasteiger charge is -2.11. The Morgan fingerprint density at radius 1 is 1.29 bits per heavy atom. The van der Waals surface area contributed by atoms with Crippen molar-refractivity contribution in [1.82, 2.24) is 4.98 Å². The zero-order valence-corrected chi connectivity index (χ0v) is 13.2. The van der Waals surface area contributed by atoms with Crippen molar-refractivity contribution in [3.05, 3.63) is 35.7 Å². The molecule has 3 rings (SSSR count). The third-order valence-electron chi connectivity index (χ3n) is 3.28. The van der Waals surface area contributed by atoms with E-state index in [1.165, 1.54) is 16.2 Å². The molecule has 1 fully saturated rings. The van der Waals surface area contributed by atoms with Crippen LogP contribution in [0.5, 0.6) is 0 Å². The van der Waals surface area contributed by atoms with Crippen LogP contribution in [0.2, 0.25) is 0 Å². The summed E-state index contributed by atoms with van der Waals surface area (Å²) in [5, 5.41) is 1.48. The lowest BCUT2D eigenvalue weighted by molar-refractivity contribution is -0.117. The van der Waals surface area contributed by atoms with Crippen molar-refractivity contribution >= 4 is 42.1 Å². The summed E-state index contributed by atoms with van der Waals surface area (Å²) in [6.45, 7) is 0.0619. The van der Waals surface area contributed by atoms with Gasteiger partial charge in [0.15, 0.2) is 5.13 Å². The van der Waals surface area contributed by atoms with Crippen molar-refractivity contribution in [2.75, 3.05) is 11.4 Å². The van der Waals surface area contributed by atoms with E-state index in [2.05, 4.69) is 4.98 Å². The van der Waals surface area contributed by atoms with Crippen LogP contribution in [0.4, 0.5) is 5.13 Å². The van der Waals surface area contributed by atoms with Crippen LogP contribution in [-0.2, 0) is 13.8 Å². The first-order valence-electron chi connectivity index (χ1n) is 6.20. The molecule has 1 atom stereocenters. The van der Waals surface area contributed by atoms with E-state index in [-0.39, 0.29) is 18.9 Å². The van der Waals surface area contributed by atoms with Gasteiger partial charge in [-0.2, -0.15) is 0 Å².